The van der Waals surface area contributed by atoms with E-state index in [1.165, 1.54) is 4.90 Å². The van der Waals surface area contributed by atoms with Crippen molar-refractivity contribution in [2.24, 2.45) is 0 Å². The lowest BCUT2D eigenvalue weighted by atomic mass is 9.95. The first-order valence-corrected chi connectivity index (χ1v) is 10.2. The summed E-state index contributed by atoms with van der Waals surface area (Å²) in [6, 6.07) is 12.9. The van der Waals surface area contributed by atoms with Crippen molar-refractivity contribution in [2.45, 2.75) is 25.0 Å². The van der Waals surface area contributed by atoms with Gasteiger partial charge in [-0.2, -0.15) is 0 Å². The maximum Gasteiger partial charge on any atom is 0.295 e. The van der Waals surface area contributed by atoms with Crippen LogP contribution in [-0.2, 0) is 14.3 Å². The van der Waals surface area contributed by atoms with Crippen LogP contribution in [0.25, 0.3) is 5.76 Å². The molecule has 4 rings (SSSR count). The van der Waals surface area contributed by atoms with Crippen LogP contribution in [0.2, 0.25) is 5.02 Å². The molecule has 0 aliphatic carbocycles. The number of Topliss-reactive ketones (excluding diaryl/α,β-unsaturated/α-hetero) is 1. The summed E-state index contributed by atoms with van der Waals surface area (Å²) in [6.45, 7) is 0.900. The molecule has 0 radical (unpaired) electrons. The van der Waals surface area contributed by atoms with Crippen LogP contribution in [0, 0.1) is 0 Å². The van der Waals surface area contributed by atoms with Crippen molar-refractivity contribution in [2.75, 3.05) is 20.3 Å². The summed E-state index contributed by atoms with van der Waals surface area (Å²) in [5.41, 5.74) is 1.03. The molecule has 0 saturated carbocycles. The molecule has 0 aromatic heterocycles. The molecule has 156 valence electrons. The van der Waals surface area contributed by atoms with Crippen LogP contribution in [0.1, 0.15) is 30.0 Å². The van der Waals surface area contributed by atoms with Crippen LogP contribution in [0.15, 0.2) is 54.1 Å². The minimum absolute atomic E-state index is 0.0243. The number of likely N-dealkylation sites (tertiary alicyclic amines) is 1. The standard InChI is InChI=1S/C23H22ClNO5/c1-29-15-10-8-14(9-11-15)21(26)19-20(17-6-2-3-7-18(17)24)25(23(28)22(19)27)13-16-5-4-12-30-16/h2-3,6-11,16,20,26H,4-5,12-13H2,1H3/b21-19+/t16-,20+/m1/s1. The van der Waals surface area contributed by atoms with Gasteiger partial charge in [0, 0.05) is 23.7 Å². The second kappa shape index (κ2) is 8.50. The lowest BCUT2D eigenvalue weighted by molar-refractivity contribution is -0.140. The molecule has 7 heteroatoms. The van der Waals surface area contributed by atoms with Crippen LogP contribution < -0.4 is 4.74 Å². The average molecular weight is 428 g/mol. The maximum absolute atomic E-state index is 13.0. The summed E-state index contributed by atoms with van der Waals surface area (Å²) in [4.78, 5) is 27.4. The van der Waals surface area contributed by atoms with Crippen molar-refractivity contribution in [3.05, 3.63) is 70.3 Å². The molecule has 1 amide bonds. The lowest BCUT2D eigenvalue weighted by Crippen LogP contribution is -2.36. The monoisotopic (exact) mass is 427 g/mol. The number of aliphatic hydroxyl groups is 1. The summed E-state index contributed by atoms with van der Waals surface area (Å²) in [6.07, 6.45) is 1.59. The van der Waals surface area contributed by atoms with Crippen molar-refractivity contribution >= 4 is 29.1 Å². The van der Waals surface area contributed by atoms with E-state index in [1.807, 2.05) is 0 Å². The normalized spacial score (nSPS) is 23.2. The Morgan fingerprint density at radius 1 is 1.20 bits per heavy atom. The minimum Gasteiger partial charge on any atom is -0.507 e. The molecule has 2 atom stereocenters. The summed E-state index contributed by atoms with van der Waals surface area (Å²) in [5.74, 6) is -1.01. The number of amides is 1. The van der Waals surface area contributed by atoms with E-state index in [9.17, 15) is 14.7 Å². The summed E-state index contributed by atoms with van der Waals surface area (Å²) < 4.78 is 10.8. The second-order valence-corrected chi connectivity index (χ2v) is 7.74. The Morgan fingerprint density at radius 2 is 1.93 bits per heavy atom. The second-order valence-electron chi connectivity index (χ2n) is 7.34. The SMILES string of the molecule is COc1ccc(/C(O)=C2\C(=O)C(=O)N(C[C@H]3CCCO3)[C@H]2c2ccccc2Cl)cc1. The first kappa shape index (κ1) is 20.4. The van der Waals surface area contributed by atoms with Gasteiger partial charge in [0.05, 0.1) is 24.8 Å². The van der Waals surface area contributed by atoms with Gasteiger partial charge in [0.25, 0.3) is 11.7 Å². The van der Waals surface area contributed by atoms with Gasteiger partial charge in [-0.25, -0.2) is 0 Å². The molecule has 2 saturated heterocycles. The van der Waals surface area contributed by atoms with E-state index >= 15 is 0 Å². The number of carbonyl (C=O) groups is 2. The van der Waals surface area contributed by atoms with Crippen LogP contribution >= 0.6 is 11.6 Å². The molecule has 30 heavy (non-hydrogen) atoms. The number of benzene rings is 2. The Balaban J connectivity index is 1.82. The molecule has 2 aromatic rings. The van der Waals surface area contributed by atoms with E-state index in [1.54, 1.807) is 55.6 Å². The highest BCUT2D eigenvalue weighted by Crippen LogP contribution is 2.42. The zero-order valence-corrected chi connectivity index (χ0v) is 17.3. The highest BCUT2D eigenvalue weighted by atomic mass is 35.5. The molecule has 2 aliphatic heterocycles. The number of hydrogen-bond acceptors (Lipinski definition) is 5. The average Bonchev–Trinajstić information content (AvgIpc) is 3.36. The van der Waals surface area contributed by atoms with E-state index in [-0.39, 0.29) is 24.0 Å². The number of ether oxygens (including phenoxy) is 2. The Morgan fingerprint density at radius 3 is 2.57 bits per heavy atom. The van der Waals surface area contributed by atoms with Crippen LogP contribution in [0.3, 0.4) is 0 Å². The molecule has 0 spiro atoms. The van der Waals surface area contributed by atoms with E-state index in [4.69, 9.17) is 21.1 Å². The Hall–Kier alpha value is -2.83. The Bertz CT molecular complexity index is 995. The van der Waals surface area contributed by atoms with Gasteiger partial charge in [-0.3, -0.25) is 9.59 Å². The fraction of sp³-hybridized carbons (Fsp3) is 0.304. The number of nitrogens with zero attached hydrogens (tertiary/aromatic N) is 1. The smallest absolute Gasteiger partial charge is 0.295 e. The number of carbonyl (C=O) groups excluding carboxylic acids is 2. The fourth-order valence-electron chi connectivity index (χ4n) is 4.00. The number of ketones is 1. The van der Waals surface area contributed by atoms with Crippen molar-refractivity contribution in [3.8, 4) is 5.75 Å². The number of rotatable bonds is 5. The van der Waals surface area contributed by atoms with E-state index in [0.717, 1.165) is 12.8 Å². The molecular formula is C23H22ClNO5. The first-order valence-electron chi connectivity index (χ1n) is 9.80. The van der Waals surface area contributed by atoms with Crippen LogP contribution in [0.5, 0.6) is 5.75 Å². The van der Waals surface area contributed by atoms with Crippen LogP contribution in [0.4, 0.5) is 0 Å². The Labute approximate surface area is 179 Å². The van der Waals surface area contributed by atoms with Gasteiger partial charge in [0.1, 0.15) is 11.5 Å². The number of hydrogen-bond donors (Lipinski definition) is 1. The van der Waals surface area contributed by atoms with Gasteiger partial charge >= 0.3 is 0 Å². The quantitative estimate of drug-likeness (QED) is 0.444. The van der Waals surface area contributed by atoms with Gasteiger partial charge in [-0.15, -0.1) is 0 Å². The number of halogens is 1. The predicted molar refractivity (Wildman–Crippen MR) is 112 cm³/mol. The highest BCUT2D eigenvalue weighted by Gasteiger charge is 2.47. The van der Waals surface area contributed by atoms with Crippen molar-refractivity contribution in [1.29, 1.82) is 0 Å². The first-order chi connectivity index (χ1) is 14.5. The van der Waals surface area contributed by atoms with Gasteiger partial charge in [-0.1, -0.05) is 29.8 Å². The summed E-state index contributed by atoms with van der Waals surface area (Å²) in [5, 5.41) is 11.5. The zero-order valence-electron chi connectivity index (χ0n) is 16.5. The van der Waals surface area contributed by atoms with Crippen molar-refractivity contribution in [1.82, 2.24) is 4.90 Å². The van der Waals surface area contributed by atoms with Crippen molar-refractivity contribution in [3.63, 3.8) is 0 Å². The highest BCUT2D eigenvalue weighted by molar-refractivity contribution is 6.47. The minimum atomic E-state index is -0.787. The van der Waals surface area contributed by atoms with E-state index in [2.05, 4.69) is 0 Å². The molecular weight excluding hydrogens is 406 g/mol. The van der Waals surface area contributed by atoms with Gasteiger partial charge in [-0.05, 0) is 48.7 Å². The molecule has 2 heterocycles. The molecule has 2 aromatic carbocycles. The van der Waals surface area contributed by atoms with Crippen LogP contribution in [-0.4, -0.2) is 48.1 Å². The molecule has 0 unspecified atom stereocenters. The topological polar surface area (TPSA) is 76.1 Å². The largest absolute Gasteiger partial charge is 0.507 e. The predicted octanol–water partition coefficient (Wildman–Crippen LogP) is 3.95. The molecule has 0 bridgehead atoms. The number of aliphatic hydroxyl groups excluding tert-OH is 1. The maximum atomic E-state index is 13.0. The van der Waals surface area contributed by atoms with Gasteiger partial charge in [0.2, 0.25) is 0 Å². The van der Waals surface area contributed by atoms with E-state index < -0.39 is 17.7 Å². The fourth-order valence-corrected chi connectivity index (χ4v) is 4.24. The third-order valence-corrected chi connectivity index (χ3v) is 5.87. The molecule has 2 fully saturated rings. The van der Waals surface area contributed by atoms with E-state index in [0.29, 0.717) is 28.5 Å². The number of methoxy groups -OCH3 is 1. The molecule has 6 nitrogen and oxygen atoms in total. The summed E-state index contributed by atoms with van der Waals surface area (Å²) >= 11 is 6.44. The third-order valence-electron chi connectivity index (χ3n) is 5.53. The van der Waals surface area contributed by atoms with Gasteiger partial charge < -0.3 is 19.5 Å². The zero-order chi connectivity index (χ0) is 21.3. The van der Waals surface area contributed by atoms with Crippen molar-refractivity contribution < 1.29 is 24.2 Å². The molecule has 2 aliphatic rings. The third kappa shape index (κ3) is 3.68. The Kier molecular flexibility index (Phi) is 5.79. The summed E-state index contributed by atoms with van der Waals surface area (Å²) in [7, 11) is 1.54. The lowest BCUT2D eigenvalue weighted by Gasteiger charge is -2.28. The molecule has 1 N–H and O–H groups in total. The van der Waals surface area contributed by atoms with Gasteiger partial charge in [0.15, 0.2) is 0 Å².